The van der Waals surface area contributed by atoms with Crippen molar-refractivity contribution in [2.24, 2.45) is 5.92 Å². The highest BCUT2D eigenvalue weighted by Gasteiger charge is 2.24. The third-order valence-electron chi connectivity index (χ3n) is 5.42. The molecule has 0 aromatic carbocycles. The third kappa shape index (κ3) is 3.60. The second-order valence-corrected chi connectivity index (χ2v) is 8.82. The van der Waals surface area contributed by atoms with Crippen molar-refractivity contribution in [2.45, 2.75) is 53.0 Å². The van der Waals surface area contributed by atoms with Gasteiger partial charge in [-0.25, -0.2) is 9.66 Å². The Kier molecular flexibility index (Phi) is 5.14. The highest BCUT2D eigenvalue weighted by atomic mass is 32.1. The van der Waals surface area contributed by atoms with Crippen LogP contribution in [-0.4, -0.2) is 30.3 Å². The lowest BCUT2D eigenvalue weighted by Gasteiger charge is -2.17. The van der Waals surface area contributed by atoms with Gasteiger partial charge in [0.25, 0.3) is 5.56 Å². The second kappa shape index (κ2) is 7.63. The zero-order chi connectivity index (χ0) is 21.6. The van der Waals surface area contributed by atoms with Crippen molar-refractivity contribution in [3.8, 4) is 0 Å². The van der Waals surface area contributed by atoms with Crippen LogP contribution in [0, 0.1) is 29.9 Å². The molecule has 1 aliphatic carbocycles. The fourth-order valence-corrected chi connectivity index (χ4v) is 5.24. The predicted molar refractivity (Wildman–Crippen MR) is 112 cm³/mol. The van der Waals surface area contributed by atoms with Gasteiger partial charge in [0.05, 0.1) is 16.9 Å². The molecule has 0 fully saturated rings. The quantitative estimate of drug-likeness (QED) is 0.490. The van der Waals surface area contributed by atoms with E-state index in [4.69, 9.17) is 0 Å². The van der Waals surface area contributed by atoms with Crippen molar-refractivity contribution in [3.63, 3.8) is 0 Å². The number of amides is 1. The van der Waals surface area contributed by atoms with Crippen LogP contribution in [0.3, 0.4) is 0 Å². The molecular formula is C19H22N6O4S. The summed E-state index contributed by atoms with van der Waals surface area (Å²) in [5, 5.41) is 15.6. The molecule has 0 bridgehead atoms. The van der Waals surface area contributed by atoms with E-state index >= 15 is 0 Å². The zero-order valence-corrected chi connectivity index (χ0v) is 17.8. The van der Waals surface area contributed by atoms with Crippen molar-refractivity contribution < 1.29 is 9.72 Å². The number of fused-ring (bicyclic) bond motifs is 3. The van der Waals surface area contributed by atoms with E-state index in [1.54, 1.807) is 25.2 Å². The zero-order valence-electron chi connectivity index (χ0n) is 17.0. The molecule has 3 aromatic heterocycles. The Morgan fingerprint density at radius 3 is 2.90 bits per heavy atom. The first-order chi connectivity index (χ1) is 14.2. The van der Waals surface area contributed by atoms with Gasteiger partial charge in [-0.3, -0.25) is 29.8 Å². The second-order valence-electron chi connectivity index (χ2n) is 7.74. The maximum atomic E-state index is 13.1. The molecule has 3 heterocycles. The van der Waals surface area contributed by atoms with Crippen molar-refractivity contribution >= 4 is 33.1 Å². The first-order valence-electron chi connectivity index (χ1n) is 9.76. The lowest BCUT2D eigenvalue weighted by atomic mass is 9.89. The van der Waals surface area contributed by atoms with E-state index in [1.165, 1.54) is 20.4 Å². The smallest absolute Gasteiger partial charge is 0.273 e. The first kappa shape index (κ1) is 20.2. The molecule has 0 spiro atoms. The summed E-state index contributed by atoms with van der Waals surface area (Å²) in [5.41, 5.74) is 3.63. The molecule has 0 aliphatic heterocycles. The number of carbonyl (C=O) groups excluding carboxylic acids is 1. The van der Waals surface area contributed by atoms with Crippen molar-refractivity contribution in [3.05, 3.63) is 48.6 Å². The van der Waals surface area contributed by atoms with Gasteiger partial charge in [-0.15, -0.1) is 11.3 Å². The SMILES string of the molecule is Cc1nn(CCC(=O)Nn2c(C)nc3sc4c(c3c2=O)CC[C@@H](C)C4)cc1[N+](=O)[O-]. The highest BCUT2D eigenvalue weighted by molar-refractivity contribution is 7.18. The van der Waals surface area contributed by atoms with Gasteiger partial charge in [0.1, 0.15) is 22.5 Å². The van der Waals surface area contributed by atoms with Crippen LogP contribution in [0.25, 0.3) is 10.2 Å². The van der Waals surface area contributed by atoms with Gasteiger partial charge in [0, 0.05) is 11.3 Å². The van der Waals surface area contributed by atoms with Crippen LogP contribution in [0.2, 0.25) is 0 Å². The fraction of sp³-hybridized carbons (Fsp3) is 0.474. The minimum Gasteiger partial charge on any atom is -0.273 e. The molecule has 1 amide bonds. The summed E-state index contributed by atoms with van der Waals surface area (Å²) < 4.78 is 2.56. The highest BCUT2D eigenvalue weighted by Crippen LogP contribution is 2.35. The molecule has 1 N–H and O–H groups in total. The standard InChI is InChI=1S/C19H22N6O4S/c1-10-4-5-13-15(8-10)30-18-17(13)19(27)24(12(3)20-18)22-16(26)6-7-23-9-14(25(28)29)11(2)21-23/h9-10H,4-8H2,1-3H3,(H,22,26)/t10-/m1/s1. The van der Waals surface area contributed by atoms with Gasteiger partial charge in [-0.1, -0.05) is 6.92 Å². The molecule has 0 saturated carbocycles. The number of carbonyl (C=O) groups is 1. The van der Waals surface area contributed by atoms with Crippen LogP contribution in [-0.2, 0) is 24.2 Å². The molecule has 3 aromatic rings. The molecule has 0 radical (unpaired) electrons. The Balaban J connectivity index is 1.55. The van der Waals surface area contributed by atoms with Crippen LogP contribution < -0.4 is 11.0 Å². The summed E-state index contributed by atoms with van der Waals surface area (Å²) in [6.45, 7) is 5.60. The lowest BCUT2D eigenvalue weighted by molar-refractivity contribution is -0.385. The van der Waals surface area contributed by atoms with Crippen LogP contribution >= 0.6 is 11.3 Å². The molecule has 158 valence electrons. The van der Waals surface area contributed by atoms with Gasteiger partial charge >= 0.3 is 5.69 Å². The summed E-state index contributed by atoms with van der Waals surface area (Å²) in [7, 11) is 0. The molecule has 1 aliphatic rings. The van der Waals surface area contributed by atoms with Gasteiger partial charge in [0.15, 0.2) is 0 Å². The molecular weight excluding hydrogens is 408 g/mol. The number of aryl methyl sites for hydroxylation is 4. The summed E-state index contributed by atoms with van der Waals surface area (Å²) in [6, 6.07) is 0. The van der Waals surface area contributed by atoms with E-state index in [0.29, 0.717) is 22.8 Å². The largest absolute Gasteiger partial charge is 0.309 e. The van der Waals surface area contributed by atoms with Crippen LogP contribution in [0.1, 0.15) is 41.7 Å². The topological polar surface area (TPSA) is 125 Å². The van der Waals surface area contributed by atoms with Crippen LogP contribution in [0.4, 0.5) is 5.69 Å². The average Bonchev–Trinajstić information content (AvgIpc) is 3.22. The maximum Gasteiger partial charge on any atom is 0.309 e. The first-order valence-corrected chi connectivity index (χ1v) is 10.6. The number of rotatable bonds is 5. The monoisotopic (exact) mass is 430 g/mol. The van der Waals surface area contributed by atoms with E-state index in [0.717, 1.165) is 29.7 Å². The number of nitrogens with one attached hydrogen (secondary N) is 1. The number of nitro groups is 1. The van der Waals surface area contributed by atoms with E-state index < -0.39 is 10.8 Å². The maximum absolute atomic E-state index is 13.1. The van der Waals surface area contributed by atoms with E-state index in [2.05, 4.69) is 22.4 Å². The number of hydrogen-bond donors (Lipinski definition) is 1. The number of aromatic nitrogens is 4. The van der Waals surface area contributed by atoms with Gasteiger partial charge < -0.3 is 0 Å². The summed E-state index contributed by atoms with van der Waals surface area (Å²) in [6.07, 6.45) is 4.15. The molecule has 4 rings (SSSR count). The Bertz CT molecular complexity index is 1220. The van der Waals surface area contributed by atoms with Crippen molar-refractivity contribution in [2.75, 3.05) is 5.43 Å². The van der Waals surface area contributed by atoms with Gasteiger partial charge in [-0.05, 0) is 44.6 Å². The van der Waals surface area contributed by atoms with Crippen molar-refractivity contribution in [1.82, 2.24) is 19.4 Å². The normalized spacial score (nSPS) is 15.9. The number of nitrogens with zero attached hydrogens (tertiary/aromatic N) is 5. The molecule has 30 heavy (non-hydrogen) atoms. The molecule has 11 heteroatoms. The van der Waals surface area contributed by atoms with Crippen molar-refractivity contribution in [1.29, 1.82) is 0 Å². The van der Waals surface area contributed by atoms with Gasteiger partial charge in [-0.2, -0.15) is 5.10 Å². The summed E-state index contributed by atoms with van der Waals surface area (Å²) in [4.78, 5) is 42.5. The molecule has 1 atom stereocenters. The minimum atomic E-state index is -0.509. The summed E-state index contributed by atoms with van der Waals surface area (Å²) >= 11 is 1.57. The van der Waals surface area contributed by atoms with Crippen LogP contribution in [0.15, 0.2) is 11.0 Å². The Hall–Kier alpha value is -3.08. The van der Waals surface area contributed by atoms with E-state index in [-0.39, 0.29) is 24.2 Å². The number of thiophene rings is 1. The predicted octanol–water partition coefficient (Wildman–Crippen LogP) is 2.46. The van der Waals surface area contributed by atoms with Gasteiger partial charge in [0.2, 0.25) is 5.91 Å². The van der Waals surface area contributed by atoms with Crippen LogP contribution in [0.5, 0.6) is 0 Å². The number of hydrogen-bond acceptors (Lipinski definition) is 7. The molecule has 0 unspecified atom stereocenters. The Morgan fingerprint density at radius 1 is 1.43 bits per heavy atom. The third-order valence-corrected chi connectivity index (χ3v) is 6.57. The minimum absolute atomic E-state index is 0.0153. The summed E-state index contributed by atoms with van der Waals surface area (Å²) in [5.74, 6) is 0.614. The average molecular weight is 430 g/mol. The molecule has 0 saturated heterocycles. The lowest BCUT2D eigenvalue weighted by Crippen LogP contribution is -2.36. The van der Waals surface area contributed by atoms with E-state index in [1.807, 2.05) is 0 Å². The molecule has 10 nitrogen and oxygen atoms in total. The Morgan fingerprint density at radius 2 is 2.20 bits per heavy atom. The van der Waals surface area contributed by atoms with E-state index in [9.17, 15) is 19.7 Å². The Labute approximate surface area is 175 Å². The fourth-order valence-electron chi connectivity index (χ4n) is 3.82.